The van der Waals surface area contributed by atoms with Gasteiger partial charge in [0.2, 0.25) is 5.75 Å². The fraction of sp³-hybridized carbons (Fsp3) is 0.211. The van der Waals surface area contributed by atoms with Crippen molar-refractivity contribution in [1.82, 2.24) is 5.32 Å². The van der Waals surface area contributed by atoms with Gasteiger partial charge in [0.05, 0.1) is 26.9 Å². The predicted molar refractivity (Wildman–Crippen MR) is 102 cm³/mol. The molecule has 1 atom stereocenters. The van der Waals surface area contributed by atoms with Gasteiger partial charge < -0.3 is 24.8 Å². The van der Waals surface area contributed by atoms with E-state index in [0.717, 1.165) is 20.7 Å². The number of nitrogens with one attached hydrogen (secondary N) is 2. The van der Waals surface area contributed by atoms with Gasteiger partial charge in [-0.15, -0.1) is 11.3 Å². The largest absolute Gasteiger partial charge is 0.493 e. The molecule has 6 nitrogen and oxygen atoms in total. The molecule has 1 amide bonds. The molecule has 26 heavy (non-hydrogen) atoms. The van der Waals surface area contributed by atoms with Gasteiger partial charge in [-0.05, 0) is 18.2 Å². The second-order valence-electron chi connectivity index (χ2n) is 5.81. The number of thiophene rings is 1. The maximum atomic E-state index is 12.7. The molecule has 0 spiro atoms. The van der Waals surface area contributed by atoms with Crippen LogP contribution in [-0.4, -0.2) is 27.2 Å². The van der Waals surface area contributed by atoms with E-state index in [-0.39, 0.29) is 5.91 Å². The standard InChI is InChI=1S/C19H18N2O4S/c1-23-12-8-10(9-13(24-2)16(12)25-3)17-20-18(22)15-11-6-4-5-7-14(11)26-19(15)21-17/h4-9,17,21H,1-3H3,(H,20,22)/t17-/m0/s1. The lowest BCUT2D eigenvalue weighted by molar-refractivity contribution is 0.0938. The van der Waals surface area contributed by atoms with Crippen molar-refractivity contribution in [2.24, 2.45) is 0 Å². The number of rotatable bonds is 4. The molecule has 2 N–H and O–H groups in total. The molecule has 1 aliphatic rings. The SMILES string of the molecule is COc1cc([C@H]2NC(=O)c3c(sc4ccccc34)N2)cc(OC)c1OC. The number of fused-ring (bicyclic) bond motifs is 3. The van der Waals surface area contributed by atoms with Crippen LogP contribution in [0.15, 0.2) is 36.4 Å². The highest BCUT2D eigenvalue weighted by Crippen LogP contribution is 2.43. The van der Waals surface area contributed by atoms with E-state index < -0.39 is 6.17 Å². The Kier molecular flexibility index (Phi) is 4.08. The number of methoxy groups -OCH3 is 3. The molecule has 0 fully saturated rings. The van der Waals surface area contributed by atoms with Crippen LogP contribution in [0.2, 0.25) is 0 Å². The summed E-state index contributed by atoms with van der Waals surface area (Å²) in [7, 11) is 4.69. The van der Waals surface area contributed by atoms with E-state index in [9.17, 15) is 4.79 Å². The van der Waals surface area contributed by atoms with E-state index in [0.29, 0.717) is 22.8 Å². The number of benzene rings is 2. The molecular formula is C19H18N2O4S. The number of amides is 1. The molecule has 0 bridgehead atoms. The Hall–Kier alpha value is -2.93. The monoisotopic (exact) mass is 370 g/mol. The molecule has 2 aromatic carbocycles. The molecule has 4 rings (SSSR count). The van der Waals surface area contributed by atoms with Crippen molar-refractivity contribution < 1.29 is 19.0 Å². The minimum absolute atomic E-state index is 0.102. The summed E-state index contributed by atoms with van der Waals surface area (Å²) in [5, 5.41) is 8.23. The van der Waals surface area contributed by atoms with Crippen LogP contribution in [0.25, 0.3) is 10.1 Å². The van der Waals surface area contributed by atoms with E-state index in [2.05, 4.69) is 10.6 Å². The van der Waals surface area contributed by atoms with Crippen molar-refractivity contribution in [3.63, 3.8) is 0 Å². The first-order valence-electron chi connectivity index (χ1n) is 8.05. The lowest BCUT2D eigenvalue weighted by atomic mass is 10.1. The molecule has 0 saturated carbocycles. The minimum atomic E-state index is -0.392. The highest BCUT2D eigenvalue weighted by atomic mass is 32.1. The van der Waals surface area contributed by atoms with Gasteiger partial charge in [-0.1, -0.05) is 18.2 Å². The lowest BCUT2D eigenvalue weighted by Gasteiger charge is -2.27. The summed E-state index contributed by atoms with van der Waals surface area (Å²) in [6, 6.07) is 11.6. The normalized spacial score (nSPS) is 15.8. The Morgan fingerprint density at radius 3 is 2.31 bits per heavy atom. The first-order chi connectivity index (χ1) is 12.7. The van der Waals surface area contributed by atoms with Crippen molar-refractivity contribution in [1.29, 1.82) is 0 Å². The summed E-state index contributed by atoms with van der Waals surface area (Å²) in [5.74, 6) is 1.50. The van der Waals surface area contributed by atoms with Gasteiger partial charge in [0.15, 0.2) is 11.5 Å². The molecular weight excluding hydrogens is 352 g/mol. The fourth-order valence-electron chi connectivity index (χ4n) is 3.18. The Balaban J connectivity index is 1.77. The number of carbonyl (C=O) groups excluding carboxylic acids is 1. The number of ether oxygens (including phenoxy) is 3. The number of carbonyl (C=O) groups is 1. The maximum Gasteiger partial charge on any atom is 0.256 e. The Labute approximate surface area is 154 Å². The molecule has 3 aromatic rings. The van der Waals surface area contributed by atoms with Crippen LogP contribution in [-0.2, 0) is 0 Å². The van der Waals surface area contributed by atoms with E-state index in [1.165, 1.54) is 0 Å². The average Bonchev–Trinajstić information content (AvgIpc) is 3.05. The van der Waals surface area contributed by atoms with Gasteiger partial charge in [0.25, 0.3) is 5.91 Å². The molecule has 7 heteroatoms. The smallest absolute Gasteiger partial charge is 0.256 e. The summed E-state index contributed by atoms with van der Waals surface area (Å²) >= 11 is 1.57. The molecule has 1 aromatic heterocycles. The summed E-state index contributed by atoms with van der Waals surface area (Å²) in [4.78, 5) is 12.7. The van der Waals surface area contributed by atoms with Crippen LogP contribution in [0.4, 0.5) is 5.00 Å². The summed E-state index contributed by atoms with van der Waals surface area (Å²) in [6.07, 6.45) is -0.392. The molecule has 0 radical (unpaired) electrons. The third kappa shape index (κ3) is 2.52. The van der Waals surface area contributed by atoms with Crippen molar-refractivity contribution in [3.05, 3.63) is 47.5 Å². The van der Waals surface area contributed by atoms with Crippen LogP contribution < -0.4 is 24.8 Å². The van der Waals surface area contributed by atoms with Gasteiger partial charge in [-0.3, -0.25) is 4.79 Å². The van der Waals surface area contributed by atoms with Crippen LogP contribution in [0.5, 0.6) is 17.2 Å². The highest BCUT2D eigenvalue weighted by molar-refractivity contribution is 7.23. The van der Waals surface area contributed by atoms with Crippen LogP contribution in [0, 0.1) is 0 Å². The molecule has 0 aliphatic carbocycles. The molecule has 134 valence electrons. The Bertz CT molecular complexity index is 973. The predicted octanol–water partition coefficient (Wildman–Crippen LogP) is 3.78. The highest BCUT2D eigenvalue weighted by Gasteiger charge is 2.29. The first kappa shape index (κ1) is 16.5. The summed E-state index contributed by atoms with van der Waals surface area (Å²) < 4.78 is 17.3. The van der Waals surface area contributed by atoms with E-state index >= 15 is 0 Å². The number of hydrogen-bond acceptors (Lipinski definition) is 6. The second-order valence-corrected chi connectivity index (χ2v) is 6.86. The average molecular weight is 370 g/mol. The third-order valence-corrected chi connectivity index (χ3v) is 5.50. The van der Waals surface area contributed by atoms with Gasteiger partial charge in [-0.2, -0.15) is 0 Å². The summed E-state index contributed by atoms with van der Waals surface area (Å²) in [5.41, 5.74) is 1.50. The summed E-state index contributed by atoms with van der Waals surface area (Å²) in [6.45, 7) is 0. The molecule has 0 saturated heterocycles. The number of hydrogen-bond donors (Lipinski definition) is 2. The molecule has 0 unspecified atom stereocenters. The van der Waals surface area contributed by atoms with Crippen LogP contribution in [0.3, 0.4) is 0 Å². The van der Waals surface area contributed by atoms with Crippen molar-refractivity contribution >= 4 is 32.3 Å². The molecule has 1 aliphatic heterocycles. The van der Waals surface area contributed by atoms with E-state index in [1.807, 2.05) is 36.4 Å². The van der Waals surface area contributed by atoms with Crippen molar-refractivity contribution in [3.8, 4) is 17.2 Å². The van der Waals surface area contributed by atoms with Gasteiger partial charge in [-0.25, -0.2) is 0 Å². The van der Waals surface area contributed by atoms with E-state index in [4.69, 9.17) is 14.2 Å². The Morgan fingerprint density at radius 1 is 0.962 bits per heavy atom. The second kappa shape index (κ2) is 6.42. The van der Waals surface area contributed by atoms with Crippen LogP contribution >= 0.6 is 11.3 Å². The third-order valence-electron chi connectivity index (χ3n) is 4.39. The zero-order chi connectivity index (χ0) is 18.3. The first-order valence-corrected chi connectivity index (χ1v) is 8.86. The van der Waals surface area contributed by atoms with Crippen molar-refractivity contribution in [2.45, 2.75) is 6.17 Å². The minimum Gasteiger partial charge on any atom is -0.493 e. The fourth-order valence-corrected chi connectivity index (χ4v) is 4.31. The van der Waals surface area contributed by atoms with Gasteiger partial charge in [0, 0.05) is 15.6 Å². The topological polar surface area (TPSA) is 68.8 Å². The Morgan fingerprint density at radius 2 is 1.65 bits per heavy atom. The lowest BCUT2D eigenvalue weighted by Crippen LogP contribution is -2.37. The zero-order valence-corrected chi connectivity index (χ0v) is 15.4. The van der Waals surface area contributed by atoms with Crippen LogP contribution in [0.1, 0.15) is 22.1 Å². The van der Waals surface area contributed by atoms with Gasteiger partial charge in [0.1, 0.15) is 11.2 Å². The number of anilines is 1. The zero-order valence-electron chi connectivity index (χ0n) is 14.6. The maximum absolute atomic E-state index is 12.7. The van der Waals surface area contributed by atoms with E-state index in [1.54, 1.807) is 32.7 Å². The van der Waals surface area contributed by atoms with Crippen molar-refractivity contribution in [2.75, 3.05) is 26.6 Å². The van der Waals surface area contributed by atoms with Gasteiger partial charge >= 0.3 is 0 Å². The molecule has 2 heterocycles. The quantitative estimate of drug-likeness (QED) is 0.731.